The SMILES string of the molecule is CC(C)(C)C(=O)NCC(=O)NCCc1ccc(N)cc1. The van der Waals surface area contributed by atoms with E-state index in [0.717, 1.165) is 17.7 Å². The van der Waals surface area contributed by atoms with Crippen LogP contribution in [-0.2, 0) is 16.0 Å². The fraction of sp³-hybridized carbons (Fsp3) is 0.467. The Kier molecular flexibility index (Phi) is 5.55. The van der Waals surface area contributed by atoms with Crippen LogP contribution in [0.1, 0.15) is 26.3 Å². The zero-order valence-corrected chi connectivity index (χ0v) is 12.3. The summed E-state index contributed by atoms with van der Waals surface area (Å²) in [6.07, 6.45) is 0.735. The summed E-state index contributed by atoms with van der Waals surface area (Å²) in [5.41, 5.74) is 6.95. The number of nitrogens with two attached hydrogens (primary N) is 1. The van der Waals surface area contributed by atoms with Crippen LogP contribution in [0.15, 0.2) is 24.3 Å². The highest BCUT2D eigenvalue weighted by molar-refractivity contribution is 5.87. The maximum Gasteiger partial charge on any atom is 0.239 e. The lowest BCUT2D eigenvalue weighted by Gasteiger charge is -2.17. The lowest BCUT2D eigenvalue weighted by atomic mass is 9.96. The molecule has 0 unspecified atom stereocenters. The highest BCUT2D eigenvalue weighted by atomic mass is 16.2. The number of anilines is 1. The van der Waals surface area contributed by atoms with Gasteiger partial charge >= 0.3 is 0 Å². The molecule has 0 atom stereocenters. The van der Waals surface area contributed by atoms with E-state index in [2.05, 4.69) is 10.6 Å². The van der Waals surface area contributed by atoms with E-state index < -0.39 is 5.41 Å². The second-order valence-electron chi connectivity index (χ2n) is 5.77. The van der Waals surface area contributed by atoms with E-state index in [9.17, 15) is 9.59 Å². The molecule has 0 radical (unpaired) electrons. The molecular weight excluding hydrogens is 254 g/mol. The van der Waals surface area contributed by atoms with Gasteiger partial charge in [-0.15, -0.1) is 0 Å². The Balaban J connectivity index is 2.24. The van der Waals surface area contributed by atoms with Gasteiger partial charge in [-0.1, -0.05) is 32.9 Å². The summed E-state index contributed by atoms with van der Waals surface area (Å²) in [7, 11) is 0. The zero-order chi connectivity index (χ0) is 15.2. The summed E-state index contributed by atoms with van der Waals surface area (Å²) < 4.78 is 0. The van der Waals surface area contributed by atoms with E-state index in [1.807, 2.05) is 24.3 Å². The lowest BCUT2D eigenvalue weighted by molar-refractivity contribution is -0.131. The van der Waals surface area contributed by atoms with Gasteiger partial charge in [-0.05, 0) is 24.1 Å². The Bertz CT molecular complexity index is 461. The first kappa shape index (κ1) is 16.0. The number of hydrogen-bond donors (Lipinski definition) is 3. The molecule has 0 aliphatic rings. The van der Waals surface area contributed by atoms with Crippen molar-refractivity contribution in [2.45, 2.75) is 27.2 Å². The van der Waals surface area contributed by atoms with Crippen molar-refractivity contribution in [2.24, 2.45) is 5.41 Å². The highest BCUT2D eigenvalue weighted by Gasteiger charge is 2.21. The van der Waals surface area contributed by atoms with Gasteiger partial charge in [0.15, 0.2) is 0 Å². The van der Waals surface area contributed by atoms with Gasteiger partial charge in [0, 0.05) is 17.6 Å². The van der Waals surface area contributed by atoms with Crippen LogP contribution in [0, 0.1) is 5.41 Å². The quantitative estimate of drug-likeness (QED) is 0.704. The maximum atomic E-state index is 11.6. The molecule has 110 valence electrons. The molecule has 0 aliphatic heterocycles. The summed E-state index contributed by atoms with van der Waals surface area (Å²) >= 11 is 0. The van der Waals surface area contributed by atoms with Crippen LogP contribution in [0.3, 0.4) is 0 Å². The van der Waals surface area contributed by atoms with E-state index >= 15 is 0 Å². The first-order valence-corrected chi connectivity index (χ1v) is 6.68. The molecule has 0 fully saturated rings. The minimum atomic E-state index is -0.482. The Morgan fingerprint density at radius 3 is 2.25 bits per heavy atom. The molecule has 1 aromatic rings. The molecule has 1 rings (SSSR count). The first-order valence-electron chi connectivity index (χ1n) is 6.68. The molecule has 0 saturated carbocycles. The highest BCUT2D eigenvalue weighted by Crippen LogP contribution is 2.11. The Morgan fingerprint density at radius 2 is 1.70 bits per heavy atom. The van der Waals surface area contributed by atoms with E-state index in [1.54, 1.807) is 20.8 Å². The fourth-order valence-electron chi connectivity index (χ4n) is 1.52. The van der Waals surface area contributed by atoms with Gasteiger partial charge in [0.2, 0.25) is 11.8 Å². The molecule has 0 aliphatic carbocycles. The van der Waals surface area contributed by atoms with Crippen molar-refractivity contribution in [2.75, 3.05) is 18.8 Å². The van der Waals surface area contributed by atoms with Crippen LogP contribution < -0.4 is 16.4 Å². The molecule has 0 spiro atoms. The van der Waals surface area contributed by atoms with Crippen LogP contribution in [0.5, 0.6) is 0 Å². The van der Waals surface area contributed by atoms with Crippen molar-refractivity contribution in [1.29, 1.82) is 0 Å². The van der Waals surface area contributed by atoms with E-state index in [4.69, 9.17) is 5.73 Å². The number of nitrogen functional groups attached to an aromatic ring is 1. The zero-order valence-electron chi connectivity index (χ0n) is 12.3. The molecule has 0 aromatic heterocycles. The summed E-state index contributed by atoms with van der Waals surface area (Å²) in [6.45, 7) is 5.97. The van der Waals surface area contributed by atoms with E-state index in [-0.39, 0.29) is 18.4 Å². The van der Waals surface area contributed by atoms with Gasteiger partial charge < -0.3 is 16.4 Å². The molecule has 0 heterocycles. The van der Waals surface area contributed by atoms with Crippen molar-refractivity contribution in [3.63, 3.8) is 0 Å². The predicted octanol–water partition coefficient (Wildman–Crippen LogP) is 1.09. The first-order chi connectivity index (χ1) is 9.29. The van der Waals surface area contributed by atoms with Gasteiger partial charge in [-0.2, -0.15) is 0 Å². The van der Waals surface area contributed by atoms with Gasteiger partial charge in [-0.25, -0.2) is 0 Å². The van der Waals surface area contributed by atoms with Crippen LogP contribution in [0.4, 0.5) is 5.69 Å². The van der Waals surface area contributed by atoms with Crippen molar-refractivity contribution < 1.29 is 9.59 Å². The van der Waals surface area contributed by atoms with Gasteiger partial charge in [-0.3, -0.25) is 9.59 Å². The second kappa shape index (κ2) is 6.93. The molecule has 20 heavy (non-hydrogen) atoms. The summed E-state index contributed by atoms with van der Waals surface area (Å²) in [5, 5.41) is 5.38. The number of amides is 2. The van der Waals surface area contributed by atoms with Crippen LogP contribution in [0.2, 0.25) is 0 Å². The largest absolute Gasteiger partial charge is 0.399 e. The Hall–Kier alpha value is -2.04. The Labute approximate surface area is 119 Å². The molecule has 2 amide bonds. The van der Waals surface area contributed by atoms with Gasteiger partial charge in [0.1, 0.15) is 0 Å². The standard InChI is InChI=1S/C15H23N3O2/c1-15(2,3)14(20)18-10-13(19)17-9-8-11-4-6-12(16)7-5-11/h4-7H,8-10,16H2,1-3H3,(H,17,19)(H,18,20). The van der Waals surface area contributed by atoms with Crippen molar-refractivity contribution in [3.05, 3.63) is 29.8 Å². The van der Waals surface area contributed by atoms with Gasteiger partial charge in [0.25, 0.3) is 0 Å². The number of carbonyl (C=O) groups is 2. The topological polar surface area (TPSA) is 84.2 Å². The smallest absolute Gasteiger partial charge is 0.239 e. The van der Waals surface area contributed by atoms with Gasteiger partial charge in [0.05, 0.1) is 6.54 Å². The minimum Gasteiger partial charge on any atom is -0.399 e. The average molecular weight is 277 g/mol. The summed E-state index contributed by atoms with van der Waals surface area (Å²) in [6, 6.07) is 7.53. The van der Waals surface area contributed by atoms with Crippen molar-refractivity contribution >= 4 is 17.5 Å². The molecular formula is C15H23N3O2. The van der Waals surface area contributed by atoms with Crippen LogP contribution in [-0.4, -0.2) is 24.9 Å². The number of rotatable bonds is 5. The molecule has 5 nitrogen and oxygen atoms in total. The Morgan fingerprint density at radius 1 is 1.10 bits per heavy atom. The summed E-state index contributed by atoms with van der Waals surface area (Å²) in [4.78, 5) is 23.2. The molecule has 0 bridgehead atoms. The lowest BCUT2D eigenvalue weighted by Crippen LogP contribution is -2.42. The number of nitrogens with one attached hydrogen (secondary N) is 2. The minimum absolute atomic E-state index is 0.0117. The van der Waals surface area contributed by atoms with Crippen LogP contribution >= 0.6 is 0 Å². The van der Waals surface area contributed by atoms with E-state index in [1.165, 1.54) is 0 Å². The second-order valence-corrected chi connectivity index (χ2v) is 5.77. The fourth-order valence-corrected chi connectivity index (χ4v) is 1.52. The normalized spacial score (nSPS) is 10.9. The number of hydrogen-bond acceptors (Lipinski definition) is 3. The molecule has 1 aromatic carbocycles. The van der Waals surface area contributed by atoms with E-state index in [0.29, 0.717) is 6.54 Å². The monoisotopic (exact) mass is 277 g/mol. The van der Waals surface area contributed by atoms with Crippen molar-refractivity contribution in [1.82, 2.24) is 10.6 Å². The third-order valence-electron chi connectivity index (χ3n) is 2.81. The third kappa shape index (κ3) is 5.73. The molecule has 5 heteroatoms. The predicted molar refractivity (Wildman–Crippen MR) is 80.0 cm³/mol. The number of carbonyl (C=O) groups excluding carboxylic acids is 2. The average Bonchev–Trinajstić information content (AvgIpc) is 2.37. The maximum absolute atomic E-state index is 11.6. The third-order valence-corrected chi connectivity index (χ3v) is 2.81. The van der Waals surface area contributed by atoms with Crippen molar-refractivity contribution in [3.8, 4) is 0 Å². The summed E-state index contributed by atoms with van der Waals surface area (Å²) in [5.74, 6) is -0.316. The molecule has 0 saturated heterocycles. The number of benzene rings is 1. The van der Waals surface area contributed by atoms with Crippen LogP contribution in [0.25, 0.3) is 0 Å². The molecule has 4 N–H and O–H groups in total.